The van der Waals surface area contributed by atoms with Gasteiger partial charge in [0.25, 0.3) is 11.5 Å². The van der Waals surface area contributed by atoms with Crippen LogP contribution >= 0.6 is 0 Å². The largest absolute Gasteiger partial charge is 0.593 e. The van der Waals surface area contributed by atoms with Crippen LogP contribution in [0.3, 0.4) is 0 Å². The van der Waals surface area contributed by atoms with Crippen LogP contribution in [0.2, 0.25) is 0 Å². The van der Waals surface area contributed by atoms with E-state index in [0.29, 0.717) is 59.4 Å². The molecule has 5 rings (SSSR count). The van der Waals surface area contributed by atoms with Crippen molar-refractivity contribution in [3.8, 4) is 17.1 Å². The maximum absolute atomic E-state index is 13.7. The quantitative estimate of drug-likeness (QED) is 0.0996. The average Bonchev–Trinajstić information content (AvgIpc) is 3.36. The number of piperazine rings is 1. The topological polar surface area (TPSA) is 151 Å². The fourth-order valence-corrected chi connectivity index (χ4v) is 6.43. The Morgan fingerprint density at radius 2 is 1.91 bits per heavy atom. The number of ether oxygens (including phenoxy) is 1. The normalized spacial score (nSPS) is 15.2. The van der Waals surface area contributed by atoms with Gasteiger partial charge >= 0.3 is 0 Å². The number of amides is 1. The highest BCUT2D eigenvalue weighted by atomic mass is 32.2. The van der Waals surface area contributed by atoms with Gasteiger partial charge in [0.05, 0.1) is 42.3 Å². The maximum Gasteiger partial charge on any atom is 0.277 e. The van der Waals surface area contributed by atoms with E-state index < -0.39 is 17.3 Å². The molecular formula is C31H37N7O5S. The molecule has 1 fully saturated rings. The zero-order valence-electron chi connectivity index (χ0n) is 25.1. The molecule has 0 spiro atoms. The lowest BCUT2D eigenvalue weighted by molar-refractivity contribution is -0.124. The van der Waals surface area contributed by atoms with Crippen LogP contribution in [0.15, 0.2) is 58.2 Å². The Bertz CT molecular complexity index is 1690. The fraction of sp³-hybridized carbons (Fsp3) is 0.355. The van der Waals surface area contributed by atoms with Crippen molar-refractivity contribution in [2.24, 2.45) is 0 Å². The van der Waals surface area contributed by atoms with Gasteiger partial charge in [-0.05, 0) is 49.6 Å². The van der Waals surface area contributed by atoms with Crippen LogP contribution in [0, 0.1) is 6.92 Å². The Kier molecular flexibility index (Phi) is 10.1. The first-order valence-electron chi connectivity index (χ1n) is 14.7. The van der Waals surface area contributed by atoms with Crippen LogP contribution in [-0.4, -0.2) is 77.2 Å². The third-order valence-electron chi connectivity index (χ3n) is 7.41. The number of carbonyl (C=O) groups is 1. The summed E-state index contributed by atoms with van der Waals surface area (Å²) < 4.78 is 23.2. The lowest BCUT2D eigenvalue weighted by Gasteiger charge is -2.34. The molecule has 0 bridgehead atoms. The van der Waals surface area contributed by atoms with Gasteiger partial charge in [0.2, 0.25) is 0 Å². The molecule has 1 atom stereocenters. The van der Waals surface area contributed by atoms with Gasteiger partial charge in [0, 0.05) is 38.2 Å². The molecule has 44 heavy (non-hydrogen) atoms. The predicted octanol–water partition coefficient (Wildman–Crippen LogP) is 3.10. The van der Waals surface area contributed by atoms with Crippen molar-refractivity contribution in [2.45, 2.75) is 45.1 Å². The summed E-state index contributed by atoms with van der Waals surface area (Å²) in [4.78, 5) is 34.7. The molecule has 4 aromatic rings. The summed E-state index contributed by atoms with van der Waals surface area (Å²) in [5.74, 6) is 1.03. The monoisotopic (exact) mass is 619 g/mol. The Balaban J connectivity index is 1.30. The molecule has 2 aromatic heterocycles. The minimum Gasteiger partial charge on any atom is -0.593 e. The molecule has 0 unspecified atom stereocenters. The Morgan fingerprint density at radius 3 is 2.59 bits per heavy atom. The van der Waals surface area contributed by atoms with E-state index >= 15 is 0 Å². The lowest BCUT2D eigenvalue weighted by atomic mass is 10.1. The molecule has 1 saturated heterocycles. The number of hydrogen-bond acceptors (Lipinski definition) is 9. The summed E-state index contributed by atoms with van der Waals surface area (Å²) >= 11 is -1.42. The molecule has 0 aliphatic carbocycles. The molecule has 3 N–H and O–H groups in total. The third kappa shape index (κ3) is 7.03. The number of nitrogens with one attached hydrogen (secondary N) is 2. The van der Waals surface area contributed by atoms with Crippen molar-refractivity contribution in [2.75, 3.05) is 32.8 Å². The van der Waals surface area contributed by atoms with Gasteiger partial charge in [-0.1, -0.05) is 31.2 Å². The second-order valence-corrected chi connectivity index (χ2v) is 12.0. The molecule has 1 aliphatic heterocycles. The number of aromatic nitrogens is 4. The molecule has 0 radical (unpaired) electrons. The number of carbonyl (C=O) groups excluding carboxylic acids is 1. The number of nitrogens with zero attached hydrogens (tertiary/aromatic N) is 5. The van der Waals surface area contributed by atoms with Crippen LogP contribution in [0.5, 0.6) is 5.75 Å². The van der Waals surface area contributed by atoms with Gasteiger partial charge in [-0.2, -0.15) is 0 Å². The molecular weight excluding hydrogens is 582 g/mol. The van der Waals surface area contributed by atoms with E-state index in [1.807, 2.05) is 35.5 Å². The summed E-state index contributed by atoms with van der Waals surface area (Å²) in [6, 6.07) is 13.2. The Labute approximate surface area is 258 Å². The van der Waals surface area contributed by atoms with Gasteiger partial charge in [0.1, 0.15) is 11.6 Å². The number of hydroxylamine groups is 1. The molecule has 0 saturated carbocycles. The van der Waals surface area contributed by atoms with E-state index in [-0.39, 0.29) is 5.56 Å². The first-order valence-corrected chi connectivity index (χ1v) is 15.8. The number of aryl methyl sites for hydroxylation is 2. The summed E-state index contributed by atoms with van der Waals surface area (Å²) in [6.45, 7) is 9.68. The van der Waals surface area contributed by atoms with Crippen molar-refractivity contribution < 1.29 is 19.3 Å². The van der Waals surface area contributed by atoms with Crippen LogP contribution in [0.4, 0.5) is 0 Å². The number of benzene rings is 2. The molecule has 3 heterocycles. The number of hydrogen-bond donors (Lipinski definition) is 3. The maximum atomic E-state index is 13.7. The summed E-state index contributed by atoms with van der Waals surface area (Å²) in [5.41, 5.74) is 4.90. The van der Waals surface area contributed by atoms with Crippen LogP contribution < -0.4 is 15.8 Å². The Morgan fingerprint density at radius 1 is 1.16 bits per heavy atom. The SMILES string of the molecule is CCCc1nc(C)c2c(=O)[nH]c(-c3cc([S@+]([O-])N4CCN(Cc5ccc(/C=C/C(=O)NO)cc5)CC4)ccc3OCC)nn12. The Hall–Kier alpha value is -4.01. The van der Waals surface area contributed by atoms with Gasteiger partial charge in [-0.25, -0.2) is 15.0 Å². The van der Waals surface area contributed by atoms with E-state index in [0.717, 1.165) is 43.0 Å². The van der Waals surface area contributed by atoms with Crippen LogP contribution in [0.1, 0.15) is 42.9 Å². The van der Waals surface area contributed by atoms with Crippen molar-refractivity contribution in [3.63, 3.8) is 0 Å². The number of imidazole rings is 1. The first kappa shape index (κ1) is 31.4. The smallest absolute Gasteiger partial charge is 0.277 e. The number of fused-ring (bicyclic) bond motifs is 1. The summed E-state index contributed by atoms with van der Waals surface area (Å²) in [6.07, 6.45) is 4.45. The molecule has 2 aromatic carbocycles. The first-order chi connectivity index (χ1) is 21.3. The molecule has 232 valence electrons. The highest BCUT2D eigenvalue weighted by molar-refractivity contribution is 7.89. The summed E-state index contributed by atoms with van der Waals surface area (Å²) in [7, 11) is 0. The van der Waals surface area contributed by atoms with E-state index in [1.165, 1.54) is 6.08 Å². The fourth-order valence-electron chi connectivity index (χ4n) is 5.23. The second kappa shape index (κ2) is 14.2. The second-order valence-electron chi connectivity index (χ2n) is 10.5. The standard InChI is InChI=1S/C31H37N7O5S/c1-4-6-27-32-21(3)29-31(40)33-30(34-38(27)29)25-19-24(12-13-26(25)43-5-2)44(42)37-17-15-36(16-18-37)20-23-9-7-22(8-10-23)11-14-28(39)35-41/h7-14,19,41H,4-6,15-18,20H2,1-3H3,(H,35,39)(H,33,34,40)/b14-11+/t44-/m0/s1. The van der Waals surface area contributed by atoms with Crippen LogP contribution in [-0.2, 0) is 29.1 Å². The van der Waals surface area contributed by atoms with E-state index in [2.05, 4.69) is 21.8 Å². The molecule has 1 amide bonds. The van der Waals surface area contributed by atoms with Crippen LogP contribution in [0.25, 0.3) is 23.0 Å². The van der Waals surface area contributed by atoms with E-state index in [9.17, 15) is 14.1 Å². The van der Waals surface area contributed by atoms with E-state index in [4.69, 9.17) is 15.0 Å². The minimum atomic E-state index is -1.42. The predicted molar refractivity (Wildman–Crippen MR) is 168 cm³/mol. The van der Waals surface area contributed by atoms with Gasteiger partial charge in [-0.3, -0.25) is 19.7 Å². The highest BCUT2D eigenvalue weighted by Gasteiger charge is 2.29. The summed E-state index contributed by atoms with van der Waals surface area (Å²) in [5, 5.41) is 13.4. The third-order valence-corrected chi connectivity index (χ3v) is 8.90. The highest BCUT2D eigenvalue weighted by Crippen LogP contribution is 2.32. The van der Waals surface area contributed by atoms with Gasteiger partial charge < -0.3 is 14.3 Å². The van der Waals surface area contributed by atoms with E-state index in [1.54, 1.807) is 41.2 Å². The lowest BCUT2D eigenvalue weighted by Crippen LogP contribution is -2.48. The molecule has 12 nitrogen and oxygen atoms in total. The van der Waals surface area contributed by atoms with Gasteiger partial charge in [-0.15, -0.1) is 9.40 Å². The number of aromatic amines is 1. The van der Waals surface area contributed by atoms with Gasteiger partial charge in [0.15, 0.2) is 16.2 Å². The van der Waals surface area contributed by atoms with Crippen molar-refractivity contribution in [1.29, 1.82) is 0 Å². The zero-order chi connectivity index (χ0) is 31.2. The zero-order valence-corrected chi connectivity index (χ0v) is 25.9. The van der Waals surface area contributed by atoms with Crippen molar-refractivity contribution >= 4 is 28.9 Å². The van der Waals surface area contributed by atoms with Crippen molar-refractivity contribution in [3.05, 3.63) is 81.5 Å². The number of H-pyrrole nitrogens is 1. The molecule has 13 heteroatoms. The molecule has 1 aliphatic rings. The van der Waals surface area contributed by atoms with Crippen molar-refractivity contribution in [1.82, 2.24) is 34.3 Å². The minimum absolute atomic E-state index is 0.285. The average molecular weight is 620 g/mol. The number of rotatable bonds is 11.